The Hall–Kier alpha value is -2.26. The van der Waals surface area contributed by atoms with Crippen molar-refractivity contribution in [2.24, 2.45) is 0 Å². The second-order valence-electron chi connectivity index (χ2n) is 5.76. The number of rotatable bonds is 7. The van der Waals surface area contributed by atoms with Gasteiger partial charge in [-0.1, -0.05) is 30.7 Å². The summed E-state index contributed by atoms with van der Waals surface area (Å²) in [5, 5.41) is 1.54. The minimum Gasteiger partial charge on any atom is -0.494 e. The summed E-state index contributed by atoms with van der Waals surface area (Å²) in [6.07, 6.45) is 4.65. The molecule has 0 saturated carbocycles. The number of carbonyl (C=O) groups excluding carboxylic acids is 1. The molecule has 1 aromatic heterocycles. The second kappa shape index (κ2) is 7.54. The summed E-state index contributed by atoms with van der Waals surface area (Å²) in [5.74, 6) is 0.893. The summed E-state index contributed by atoms with van der Waals surface area (Å²) in [5.41, 5.74) is 3.00. The molecule has 124 valence electrons. The van der Waals surface area contributed by atoms with Crippen molar-refractivity contribution in [2.75, 3.05) is 6.61 Å². The first kappa shape index (κ1) is 16.6. The third-order valence-corrected chi connectivity index (χ3v) is 4.38. The highest BCUT2D eigenvalue weighted by atomic mass is 35.5. The Labute approximate surface area is 146 Å². The molecule has 0 aliphatic rings. The lowest BCUT2D eigenvalue weighted by molar-refractivity contribution is 0.112. The number of nitrogens with zero attached hydrogens (tertiary/aromatic N) is 1. The van der Waals surface area contributed by atoms with Crippen LogP contribution < -0.4 is 4.74 Å². The highest BCUT2D eigenvalue weighted by Gasteiger charge is 2.08. The van der Waals surface area contributed by atoms with Crippen LogP contribution in [0.25, 0.3) is 10.9 Å². The molecule has 0 spiro atoms. The summed E-state index contributed by atoms with van der Waals surface area (Å²) in [6.45, 7) is 3.56. The van der Waals surface area contributed by atoms with Crippen LogP contribution in [-0.4, -0.2) is 17.5 Å². The zero-order valence-electron chi connectivity index (χ0n) is 13.7. The van der Waals surface area contributed by atoms with E-state index in [0.29, 0.717) is 17.2 Å². The molecule has 3 aromatic rings. The van der Waals surface area contributed by atoms with Gasteiger partial charge in [-0.15, -0.1) is 0 Å². The van der Waals surface area contributed by atoms with Crippen molar-refractivity contribution in [2.45, 2.75) is 26.3 Å². The largest absolute Gasteiger partial charge is 0.494 e. The predicted molar refractivity (Wildman–Crippen MR) is 98.3 cm³/mol. The number of carbonyl (C=O) groups is 1. The third kappa shape index (κ3) is 3.62. The summed E-state index contributed by atoms with van der Waals surface area (Å²) in [4.78, 5) is 11.2. The molecule has 1 heterocycles. The van der Waals surface area contributed by atoms with E-state index in [0.717, 1.165) is 42.3 Å². The number of ether oxygens (including phenoxy) is 1. The van der Waals surface area contributed by atoms with E-state index in [-0.39, 0.29) is 0 Å². The molecule has 0 aliphatic carbocycles. The summed E-state index contributed by atoms with van der Waals surface area (Å²) < 4.78 is 7.87. The minimum absolute atomic E-state index is 0.634. The first-order valence-electron chi connectivity index (χ1n) is 8.16. The molecule has 0 atom stereocenters. The normalized spacial score (nSPS) is 10.9. The van der Waals surface area contributed by atoms with Crippen molar-refractivity contribution in [3.05, 3.63) is 64.8 Å². The van der Waals surface area contributed by atoms with Gasteiger partial charge in [0, 0.05) is 34.2 Å². The van der Waals surface area contributed by atoms with Crippen LogP contribution in [0.3, 0.4) is 0 Å². The molecular weight excluding hydrogens is 322 g/mol. The van der Waals surface area contributed by atoms with Crippen LogP contribution in [0, 0.1) is 0 Å². The SMILES string of the molecule is CCc1ccc(OCCCn2cc(C=O)c3cc(Cl)ccc32)cc1. The summed E-state index contributed by atoms with van der Waals surface area (Å²) in [7, 11) is 0. The Morgan fingerprint density at radius 1 is 1.17 bits per heavy atom. The lowest BCUT2D eigenvalue weighted by Gasteiger charge is -2.08. The summed E-state index contributed by atoms with van der Waals surface area (Å²) in [6, 6.07) is 13.8. The Bertz CT molecular complexity index is 837. The van der Waals surface area contributed by atoms with E-state index in [1.54, 1.807) is 0 Å². The number of aromatic nitrogens is 1. The average molecular weight is 342 g/mol. The Morgan fingerprint density at radius 3 is 2.67 bits per heavy atom. The number of fused-ring (bicyclic) bond motifs is 1. The molecule has 3 rings (SSSR count). The van der Waals surface area contributed by atoms with Crippen LogP contribution in [-0.2, 0) is 13.0 Å². The van der Waals surface area contributed by atoms with Gasteiger partial charge in [0.15, 0.2) is 6.29 Å². The molecule has 0 fully saturated rings. The number of benzene rings is 2. The maximum Gasteiger partial charge on any atom is 0.152 e. The average Bonchev–Trinajstić information content (AvgIpc) is 2.96. The molecule has 0 bridgehead atoms. The fourth-order valence-electron chi connectivity index (χ4n) is 2.82. The van der Waals surface area contributed by atoms with Crippen molar-refractivity contribution in [3.8, 4) is 5.75 Å². The molecule has 0 radical (unpaired) electrons. The van der Waals surface area contributed by atoms with Crippen LogP contribution >= 0.6 is 11.6 Å². The third-order valence-electron chi connectivity index (χ3n) is 4.14. The van der Waals surface area contributed by atoms with Crippen molar-refractivity contribution >= 4 is 28.8 Å². The Morgan fingerprint density at radius 2 is 1.96 bits per heavy atom. The van der Waals surface area contributed by atoms with Gasteiger partial charge in [0.2, 0.25) is 0 Å². The van der Waals surface area contributed by atoms with Gasteiger partial charge in [0.1, 0.15) is 5.75 Å². The molecule has 0 unspecified atom stereocenters. The lowest BCUT2D eigenvalue weighted by Crippen LogP contribution is -2.03. The maximum absolute atomic E-state index is 11.2. The zero-order chi connectivity index (χ0) is 16.9. The lowest BCUT2D eigenvalue weighted by atomic mass is 10.2. The fourth-order valence-corrected chi connectivity index (χ4v) is 2.99. The minimum atomic E-state index is 0.634. The Kier molecular flexibility index (Phi) is 5.21. The maximum atomic E-state index is 11.2. The van der Waals surface area contributed by atoms with Crippen LogP contribution in [0.4, 0.5) is 0 Å². The van der Waals surface area contributed by atoms with Gasteiger partial charge in [-0.05, 0) is 48.7 Å². The molecular formula is C20H20ClNO2. The molecule has 0 amide bonds. The predicted octanol–water partition coefficient (Wildman–Crippen LogP) is 5.14. The number of aldehydes is 1. The van der Waals surface area contributed by atoms with Gasteiger partial charge >= 0.3 is 0 Å². The van der Waals surface area contributed by atoms with E-state index >= 15 is 0 Å². The first-order chi connectivity index (χ1) is 11.7. The van der Waals surface area contributed by atoms with Crippen molar-refractivity contribution < 1.29 is 9.53 Å². The fraction of sp³-hybridized carbons (Fsp3) is 0.250. The van der Waals surface area contributed by atoms with Gasteiger partial charge in [-0.2, -0.15) is 0 Å². The van der Waals surface area contributed by atoms with Crippen molar-refractivity contribution in [1.29, 1.82) is 0 Å². The summed E-state index contributed by atoms with van der Waals surface area (Å²) >= 11 is 6.03. The van der Waals surface area contributed by atoms with E-state index in [9.17, 15) is 4.79 Å². The molecule has 0 saturated heterocycles. The smallest absolute Gasteiger partial charge is 0.152 e. The second-order valence-corrected chi connectivity index (χ2v) is 6.19. The van der Waals surface area contributed by atoms with Gasteiger partial charge in [-0.25, -0.2) is 0 Å². The molecule has 0 aliphatic heterocycles. The van der Waals surface area contributed by atoms with Gasteiger partial charge < -0.3 is 9.30 Å². The van der Waals surface area contributed by atoms with Crippen molar-refractivity contribution in [3.63, 3.8) is 0 Å². The first-order valence-corrected chi connectivity index (χ1v) is 8.54. The number of hydrogen-bond acceptors (Lipinski definition) is 2. The number of aryl methyl sites for hydroxylation is 2. The van der Waals surface area contributed by atoms with Gasteiger partial charge in [0.25, 0.3) is 0 Å². The van der Waals surface area contributed by atoms with E-state index < -0.39 is 0 Å². The van der Waals surface area contributed by atoms with Gasteiger partial charge in [0.05, 0.1) is 6.61 Å². The molecule has 3 nitrogen and oxygen atoms in total. The zero-order valence-corrected chi connectivity index (χ0v) is 14.4. The monoisotopic (exact) mass is 341 g/mol. The van der Waals surface area contributed by atoms with E-state index in [1.807, 2.05) is 36.5 Å². The number of halogens is 1. The highest BCUT2D eigenvalue weighted by molar-refractivity contribution is 6.31. The van der Waals surface area contributed by atoms with E-state index in [2.05, 4.69) is 23.6 Å². The molecule has 24 heavy (non-hydrogen) atoms. The standard InChI is InChI=1S/C20H20ClNO2/c1-2-15-4-7-18(8-5-15)24-11-3-10-22-13-16(14-23)19-12-17(21)6-9-20(19)22/h4-9,12-14H,2-3,10-11H2,1H3. The molecule has 2 aromatic carbocycles. The van der Waals surface area contributed by atoms with Crippen LogP contribution in [0.15, 0.2) is 48.7 Å². The van der Waals surface area contributed by atoms with E-state index in [4.69, 9.17) is 16.3 Å². The quantitative estimate of drug-likeness (QED) is 0.440. The van der Waals surface area contributed by atoms with E-state index in [1.165, 1.54) is 5.56 Å². The molecule has 0 N–H and O–H groups in total. The van der Waals surface area contributed by atoms with Crippen LogP contribution in [0.5, 0.6) is 5.75 Å². The van der Waals surface area contributed by atoms with Crippen LogP contribution in [0.1, 0.15) is 29.3 Å². The number of hydrogen-bond donors (Lipinski definition) is 0. The van der Waals surface area contributed by atoms with Crippen molar-refractivity contribution in [1.82, 2.24) is 4.57 Å². The Balaban J connectivity index is 1.62. The van der Waals surface area contributed by atoms with Crippen LogP contribution in [0.2, 0.25) is 5.02 Å². The van der Waals surface area contributed by atoms with Gasteiger partial charge in [-0.3, -0.25) is 4.79 Å². The topological polar surface area (TPSA) is 31.2 Å². The molecule has 4 heteroatoms. The highest BCUT2D eigenvalue weighted by Crippen LogP contribution is 2.24.